The van der Waals surface area contributed by atoms with Gasteiger partial charge in [-0.25, -0.2) is 19.8 Å². The highest BCUT2D eigenvalue weighted by Gasteiger charge is 2.28. The van der Waals surface area contributed by atoms with Crippen molar-refractivity contribution in [2.75, 3.05) is 4.90 Å². The summed E-state index contributed by atoms with van der Waals surface area (Å²) >= 11 is 0. The van der Waals surface area contributed by atoms with Crippen molar-refractivity contribution in [1.82, 2.24) is 19.5 Å². The smallest absolute Gasteiger partial charge is 0.201 e. The van der Waals surface area contributed by atoms with E-state index in [1.807, 2.05) is 121 Å². The molecule has 0 saturated carbocycles. The number of rotatable bonds is 5. The van der Waals surface area contributed by atoms with Gasteiger partial charge < -0.3 is 14.2 Å². The molecule has 7 aromatic carbocycles. The summed E-state index contributed by atoms with van der Waals surface area (Å²) in [6.07, 6.45) is 0. The highest BCUT2D eigenvalue weighted by molar-refractivity contribution is 6.12. The zero-order chi connectivity index (χ0) is 36.9. The molecule has 10 rings (SSSR count). The molecule has 0 unspecified atom stereocenters. The van der Waals surface area contributed by atoms with Crippen LogP contribution in [0.2, 0.25) is 0 Å². The largest absolute Gasteiger partial charge is 0.453 e. The van der Waals surface area contributed by atoms with Crippen LogP contribution in [0.25, 0.3) is 66.5 Å². The number of nitrogens with zero attached hydrogens (tertiary/aromatic N) is 7. The van der Waals surface area contributed by atoms with E-state index in [2.05, 4.69) is 62.8 Å². The van der Waals surface area contributed by atoms with E-state index in [0.29, 0.717) is 28.6 Å². The minimum absolute atomic E-state index is 0.252. The average Bonchev–Trinajstić information content (AvgIpc) is 3.58. The molecule has 55 heavy (non-hydrogen) atoms. The van der Waals surface area contributed by atoms with Crippen molar-refractivity contribution in [3.8, 4) is 57.4 Å². The molecule has 0 amide bonds. The average molecular weight is 706 g/mol. The first-order valence-corrected chi connectivity index (χ1v) is 17.7. The number of anilines is 3. The zero-order valence-corrected chi connectivity index (χ0v) is 29.1. The van der Waals surface area contributed by atoms with Gasteiger partial charge in [0.25, 0.3) is 0 Å². The summed E-state index contributed by atoms with van der Waals surface area (Å²) in [5.74, 6) is 2.59. The van der Waals surface area contributed by atoms with Crippen LogP contribution in [-0.2, 0) is 0 Å². The highest BCUT2D eigenvalue weighted by Crippen LogP contribution is 2.52. The number of hydrogen-bond donors (Lipinski definition) is 0. The molecule has 1 aliphatic rings. The van der Waals surface area contributed by atoms with Gasteiger partial charge in [-0.3, -0.25) is 0 Å². The van der Waals surface area contributed by atoms with Crippen LogP contribution in [0.3, 0.4) is 0 Å². The van der Waals surface area contributed by atoms with E-state index in [0.717, 1.165) is 55.7 Å². The van der Waals surface area contributed by atoms with E-state index < -0.39 is 0 Å². The lowest BCUT2D eigenvalue weighted by molar-refractivity contribution is 0.477. The van der Waals surface area contributed by atoms with Gasteiger partial charge in [0.1, 0.15) is 0 Å². The minimum atomic E-state index is 0.252. The summed E-state index contributed by atoms with van der Waals surface area (Å²) in [6, 6.07) is 56.0. The van der Waals surface area contributed by atoms with Gasteiger partial charge >= 0.3 is 0 Å². The van der Waals surface area contributed by atoms with Crippen molar-refractivity contribution < 1.29 is 4.74 Å². The molecule has 0 radical (unpaired) electrons. The van der Waals surface area contributed by atoms with Crippen molar-refractivity contribution in [1.29, 1.82) is 5.26 Å². The molecular weight excluding hydrogens is 679 g/mol. The summed E-state index contributed by atoms with van der Waals surface area (Å²) < 4.78 is 8.70. The summed E-state index contributed by atoms with van der Waals surface area (Å²) in [7, 11) is 0. The summed E-state index contributed by atoms with van der Waals surface area (Å²) in [5.41, 5.74) is 7.81. The van der Waals surface area contributed by atoms with Crippen LogP contribution >= 0.6 is 0 Å². The van der Waals surface area contributed by atoms with E-state index in [1.54, 1.807) is 0 Å². The number of hydrogen-bond acceptors (Lipinski definition) is 6. The van der Waals surface area contributed by atoms with Crippen LogP contribution in [0.15, 0.2) is 164 Å². The van der Waals surface area contributed by atoms with Crippen LogP contribution in [0.1, 0.15) is 5.56 Å². The van der Waals surface area contributed by atoms with Crippen molar-refractivity contribution in [3.05, 3.63) is 181 Å². The Morgan fingerprint density at radius 2 is 1.16 bits per heavy atom. The molecule has 0 spiro atoms. The lowest BCUT2D eigenvalue weighted by Crippen LogP contribution is -2.15. The SMILES string of the molecule is [C-]#[N+]c1cc(-n2c3ccccc3c3cc4c(cc32)Oc2ccccc2N4c2ccccc2)cc(C#N)c1-c1nc(-c2ccccc2)nc(-c2ccccc2)n1. The Bertz CT molecular complexity index is 2940. The van der Waals surface area contributed by atoms with Crippen molar-refractivity contribution in [2.45, 2.75) is 0 Å². The second-order valence-electron chi connectivity index (χ2n) is 13.1. The standard InChI is InChI=1S/C47H27N7O/c1-49-37-26-34(25-32(29-48)44(37)47-51-45(30-15-5-2-6-16-30)50-46(52-47)31-17-7-3-8-18-31)54-38-22-12-11-21-35(38)36-27-41-43(28-40(36)54)55-42-24-14-13-23-39(42)53(41)33-19-9-4-10-20-33/h2-28H. The number of benzene rings is 7. The quantitative estimate of drug-likeness (QED) is 0.166. The monoisotopic (exact) mass is 705 g/mol. The fraction of sp³-hybridized carbons (Fsp3) is 0. The molecule has 8 heteroatoms. The highest BCUT2D eigenvalue weighted by atomic mass is 16.5. The summed E-state index contributed by atoms with van der Waals surface area (Å²) in [4.78, 5) is 20.7. The van der Waals surface area contributed by atoms with E-state index in [4.69, 9.17) is 26.3 Å². The second-order valence-corrected chi connectivity index (χ2v) is 13.1. The molecule has 0 bridgehead atoms. The molecule has 0 saturated heterocycles. The van der Waals surface area contributed by atoms with Gasteiger partial charge in [-0.05, 0) is 48.5 Å². The Hall–Kier alpha value is -8.07. The van der Waals surface area contributed by atoms with Crippen molar-refractivity contribution in [3.63, 3.8) is 0 Å². The lowest BCUT2D eigenvalue weighted by Gasteiger charge is -2.33. The Kier molecular flexibility index (Phi) is 7.40. The van der Waals surface area contributed by atoms with E-state index >= 15 is 0 Å². The van der Waals surface area contributed by atoms with E-state index in [-0.39, 0.29) is 17.1 Å². The predicted octanol–water partition coefficient (Wildman–Crippen LogP) is 12.0. The van der Waals surface area contributed by atoms with Gasteiger partial charge in [-0.15, -0.1) is 0 Å². The maximum absolute atomic E-state index is 10.8. The van der Waals surface area contributed by atoms with Gasteiger partial charge in [0, 0.05) is 44.9 Å². The van der Waals surface area contributed by atoms with Gasteiger partial charge in [0.15, 0.2) is 29.0 Å². The number of ether oxygens (including phenoxy) is 1. The maximum atomic E-state index is 10.8. The minimum Gasteiger partial charge on any atom is -0.453 e. The summed E-state index contributed by atoms with van der Waals surface area (Å²) in [6.45, 7) is 8.40. The third-order valence-electron chi connectivity index (χ3n) is 9.86. The molecular formula is C47H27N7O. The van der Waals surface area contributed by atoms with Crippen molar-refractivity contribution >= 4 is 44.6 Å². The number of aromatic nitrogens is 4. The molecule has 3 heterocycles. The Labute approximate surface area is 316 Å². The van der Waals surface area contributed by atoms with Gasteiger partial charge in [-0.1, -0.05) is 109 Å². The topological polar surface area (TPSA) is 84.2 Å². The van der Waals surface area contributed by atoms with Gasteiger partial charge in [0.05, 0.1) is 40.6 Å². The number of fused-ring (bicyclic) bond motifs is 5. The molecule has 256 valence electrons. The lowest BCUT2D eigenvalue weighted by atomic mass is 10.0. The third-order valence-corrected chi connectivity index (χ3v) is 9.86. The van der Waals surface area contributed by atoms with Crippen LogP contribution in [0.5, 0.6) is 11.5 Å². The second kappa shape index (κ2) is 12.9. The fourth-order valence-electron chi connectivity index (χ4n) is 7.42. The summed E-state index contributed by atoms with van der Waals surface area (Å²) in [5, 5.41) is 12.8. The van der Waals surface area contributed by atoms with E-state index in [9.17, 15) is 5.26 Å². The first-order valence-electron chi connectivity index (χ1n) is 17.7. The molecule has 0 aliphatic carbocycles. The maximum Gasteiger partial charge on any atom is 0.201 e. The predicted molar refractivity (Wildman–Crippen MR) is 216 cm³/mol. The molecule has 0 atom stereocenters. The first kappa shape index (κ1) is 31.6. The molecule has 9 aromatic rings. The van der Waals surface area contributed by atoms with Crippen LogP contribution in [-0.4, -0.2) is 19.5 Å². The van der Waals surface area contributed by atoms with Gasteiger partial charge in [0.2, 0.25) is 5.69 Å². The van der Waals surface area contributed by atoms with Crippen molar-refractivity contribution in [2.24, 2.45) is 0 Å². The zero-order valence-electron chi connectivity index (χ0n) is 29.1. The van der Waals surface area contributed by atoms with Crippen LogP contribution in [0.4, 0.5) is 22.7 Å². The number of para-hydroxylation sites is 4. The normalized spacial score (nSPS) is 11.7. The molecule has 1 aliphatic heterocycles. The molecule has 2 aromatic heterocycles. The Balaban J connectivity index is 1.20. The van der Waals surface area contributed by atoms with Crippen LogP contribution < -0.4 is 9.64 Å². The number of nitriles is 1. The van der Waals surface area contributed by atoms with Crippen LogP contribution in [0, 0.1) is 17.9 Å². The Morgan fingerprint density at radius 1 is 0.545 bits per heavy atom. The molecule has 8 nitrogen and oxygen atoms in total. The fourth-order valence-corrected chi connectivity index (χ4v) is 7.42. The van der Waals surface area contributed by atoms with Gasteiger partial charge in [-0.2, -0.15) is 5.26 Å². The third kappa shape index (κ3) is 5.25. The Morgan fingerprint density at radius 3 is 1.85 bits per heavy atom. The first-order chi connectivity index (χ1) is 27.2. The molecule has 0 fully saturated rings. The van der Waals surface area contributed by atoms with E-state index in [1.165, 1.54) is 0 Å². The molecule has 0 N–H and O–H groups in total.